The third-order valence-electron chi connectivity index (χ3n) is 4.30. The van der Waals surface area contributed by atoms with E-state index in [-0.39, 0.29) is 18.9 Å². The summed E-state index contributed by atoms with van der Waals surface area (Å²) in [7, 11) is 0. The molecule has 0 aromatic carbocycles. The molecule has 1 fully saturated rings. The molecule has 0 saturated carbocycles. The van der Waals surface area contributed by atoms with Gasteiger partial charge < -0.3 is 15.3 Å². The molecule has 144 valence electrons. The maximum Gasteiger partial charge on any atom is 0.471 e. The Bertz CT molecular complexity index is 528. The summed E-state index contributed by atoms with van der Waals surface area (Å²) in [6.07, 6.45) is -3.32. The average molecular weight is 366 g/mol. The van der Waals surface area contributed by atoms with Crippen molar-refractivity contribution in [1.29, 1.82) is 0 Å². The number of carboxylic acid groups (broad SMARTS) is 1. The molecular formula is C16H25F3N2O4. The van der Waals surface area contributed by atoms with E-state index in [4.69, 9.17) is 0 Å². The van der Waals surface area contributed by atoms with Crippen LogP contribution in [0.25, 0.3) is 0 Å². The highest BCUT2D eigenvalue weighted by Crippen LogP contribution is 2.31. The molecule has 0 radical (unpaired) electrons. The van der Waals surface area contributed by atoms with E-state index in [1.165, 1.54) is 20.8 Å². The normalized spacial score (nSPS) is 22.6. The highest BCUT2D eigenvalue weighted by atomic mass is 19.4. The second kappa shape index (κ2) is 7.61. The van der Waals surface area contributed by atoms with Crippen molar-refractivity contribution in [1.82, 2.24) is 10.2 Å². The summed E-state index contributed by atoms with van der Waals surface area (Å²) in [6, 6.07) is -2.56. The maximum absolute atomic E-state index is 12.8. The summed E-state index contributed by atoms with van der Waals surface area (Å²) < 4.78 is 37.7. The smallest absolute Gasteiger partial charge is 0.471 e. The van der Waals surface area contributed by atoms with Crippen LogP contribution in [-0.2, 0) is 14.4 Å². The van der Waals surface area contributed by atoms with E-state index >= 15 is 0 Å². The van der Waals surface area contributed by atoms with Gasteiger partial charge in [-0.1, -0.05) is 34.1 Å². The molecule has 1 saturated heterocycles. The molecule has 1 rings (SSSR count). The predicted molar refractivity (Wildman–Crippen MR) is 83.6 cm³/mol. The zero-order valence-corrected chi connectivity index (χ0v) is 14.8. The summed E-state index contributed by atoms with van der Waals surface area (Å²) in [5.41, 5.74) is -1.01. The quantitative estimate of drug-likeness (QED) is 0.781. The average Bonchev–Trinajstić information content (AvgIpc) is 2.86. The summed E-state index contributed by atoms with van der Waals surface area (Å²) >= 11 is 0. The van der Waals surface area contributed by atoms with E-state index in [0.717, 1.165) is 17.7 Å². The number of nitrogens with zero attached hydrogens (tertiary/aromatic N) is 1. The highest BCUT2D eigenvalue weighted by Gasteiger charge is 2.47. The fourth-order valence-corrected chi connectivity index (χ4v) is 3.05. The van der Waals surface area contributed by atoms with Gasteiger partial charge in [0.05, 0.1) is 0 Å². The van der Waals surface area contributed by atoms with Crippen LogP contribution in [0.4, 0.5) is 13.2 Å². The number of halogens is 3. The molecule has 2 N–H and O–H groups in total. The number of aliphatic carboxylic acids is 1. The number of amides is 2. The Balaban J connectivity index is 3.07. The van der Waals surface area contributed by atoms with Crippen LogP contribution in [0.15, 0.2) is 0 Å². The van der Waals surface area contributed by atoms with Crippen LogP contribution < -0.4 is 5.32 Å². The third-order valence-corrected chi connectivity index (χ3v) is 4.30. The molecule has 0 aromatic heterocycles. The Hall–Kier alpha value is -1.80. The predicted octanol–water partition coefficient (Wildman–Crippen LogP) is 2.18. The number of hydrogen-bond acceptors (Lipinski definition) is 3. The van der Waals surface area contributed by atoms with Gasteiger partial charge in [-0.05, 0) is 24.2 Å². The van der Waals surface area contributed by atoms with Crippen LogP contribution in [0.5, 0.6) is 0 Å². The molecule has 0 aromatic rings. The summed E-state index contributed by atoms with van der Waals surface area (Å²) in [6.45, 7) is 6.64. The van der Waals surface area contributed by atoms with Gasteiger partial charge in [-0.15, -0.1) is 0 Å². The number of nitrogens with one attached hydrogen (secondary N) is 1. The van der Waals surface area contributed by atoms with Crippen molar-refractivity contribution in [3.8, 4) is 0 Å². The van der Waals surface area contributed by atoms with Crippen molar-refractivity contribution in [3.63, 3.8) is 0 Å². The van der Waals surface area contributed by atoms with E-state index in [1.807, 2.05) is 6.92 Å². The molecule has 0 spiro atoms. The molecule has 1 aliphatic rings. The summed E-state index contributed by atoms with van der Waals surface area (Å²) in [5, 5.41) is 11.1. The number of likely N-dealkylation sites (tertiary alicyclic amines) is 1. The van der Waals surface area contributed by atoms with Crippen LogP contribution >= 0.6 is 0 Å². The molecule has 1 unspecified atom stereocenters. The Kier molecular flexibility index (Phi) is 6.47. The zero-order valence-electron chi connectivity index (χ0n) is 14.8. The Morgan fingerprint density at radius 3 is 2.20 bits per heavy atom. The first-order valence-corrected chi connectivity index (χ1v) is 8.20. The van der Waals surface area contributed by atoms with Crippen LogP contribution in [-0.4, -0.2) is 52.6 Å². The van der Waals surface area contributed by atoms with Crippen LogP contribution in [0.3, 0.4) is 0 Å². The SMILES string of the molecule is CCC[C@H]1C[C@@H](C(=O)O)N(C(=O)C(NC(=O)C(F)(F)F)C(C)(C)C)C1. The maximum atomic E-state index is 12.8. The fraction of sp³-hybridized carbons (Fsp3) is 0.812. The van der Waals surface area contributed by atoms with Gasteiger partial charge in [0.1, 0.15) is 12.1 Å². The molecule has 0 aliphatic carbocycles. The Morgan fingerprint density at radius 2 is 1.80 bits per heavy atom. The lowest BCUT2D eigenvalue weighted by Crippen LogP contribution is -2.58. The van der Waals surface area contributed by atoms with E-state index in [2.05, 4.69) is 0 Å². The van der Waals surface area contributed by atoms with E-state index in [1.54, 1.807) is 5.32 Å². The largest absolute Gasteiger partial charge is 0.480 e. The highest BCUT2D eigenvalue weighted by molar-refractivity contribution is 5.92. The van der Waals surface area contributed by atoms with Gasteiger partial charge in [0.25, 0.3) is 0 Å². The molecule has 1 aliphatic heterocycles. The van der Waals surface area contributed by atoms with Crippen molar-refractivity contribution < 1.29 is 32.7 Å². The standard InChI is InChI=1S/C16H25F3N2O4/c1-5-6-9-7-10(13(23)24)21(8-9)12(22)11(15(2,3)4)20-14(25)16(17,18)19/h9-11H,5-8H2,1-4H3,(H,20,25)(H,23,24)/t9-,10-,11?/m0/s1. The van der Waals surface area contributed by atoms with Crippen molar-refractivity contribution in [2.75, 3.05) is 6.54 Å². The van der Waals surface area contributed by atoms with Gasteiger partial charge in [-0.25, -0.2) is 4.79 Å². The minimum absolute atomic E-state index is 0.0195. The fourth-order valence-electron chi connectivity index (χ4n) is 3.05. The topological polar surface area (TPSA) is 86.7 Å². The number of hydrogen-bond donors (Lipinski definition) is 2. The van der Waals surface area contributed by atoms with Gasteiger partial charge in [-0.2, -0.15) is 13.2 Å². The number of carbonyl (C=O) groups is 3. The number of rotatable bonds is 5. The van der Waals surface area contributed by atoms with Crippen molar-refractivity contribution in [3.05, 3.63) is 0 Å². The Morgan fingerprint density at radius 1 is 1.24 bits per heavy atom. The van der Waals surface area contributed by atoms with Gasteiger partial charge in [0.15, 0.2) is 0 Å². The molecular weight excluding hydrogens is 341 g/mol. The van der Waals surface area contributed by atoms with Gasteiger partial charge >= 0.3 is 18.1 Å². The molecule has 1 heterocycles. The summed E-state index contributed by atoms with van der Waals surface area (Å²) in [5.74, 6) is -4.22. The second-order valence-corrected chi connectivity index (χ2v) is 7.51. The van der Waals surface area contributed by atoms with Gasteiger partial charge in [0, 0.05) is 6.54 Å². The number of alkyl halides is 3. The van der Waals surface area contributed by atoms with Crippen molar-refractivity contribution in [2.24, 2.45) is 11.3 Å². The van der Waals surface area contributed by atoms with Crippen LogP contribution in [0.2, 0.25) is 0 Å². The van der Waals surface area contributed by atoms with Crippen molar-refractivity contribution in [2.45, 2.75) is 65.2 Å². The Labute approximate surface area is 144 Å². The van der Waals surface area contributed by atoms with Crippen LogP contribution in [0.1, 0.15) is 47.0 Å². The molecule has 0 bridgehead atoms. The third kappa shape index (κ3) is 5.34. The van der Waals surface area contributed by atoms with E-state index < -0.39 is 41.5 Å². The lowest BCUT2D eigenvalue weighted by Gasteiger charge is -2.35. The second-order valence-electron chi connectivity index (χ2n) is 7.51. The first kappa shape index (κ1) is 21.2. The molecule has 3 atom stereocenters. The molecule has 9 heteroatoms. The first-order chi connectivity index (χ1) is 11.3. The van der Waals surface area contributed by atoms with Crippen molar-refractivity contribution >= 4 is 17.8 Å². The molecule has 6 nitrogen and oxygen atoms in total. The lowest BCUT2D eigenvalue weighted by atomic mass is 9.85. The number of carboxylic acids is 1. The van der Waals surface area contributed by atoms with Gasteiger partial charge in [-0.3, -0.25) is 9.59 Å². The van der Waals surface area contributed by atoms with Crippen LogP contribution in [0, 0.1) is 11.3 Å². The van der Waals surface area contributed by atoms with Gasteiger partial charge in [0.2, 0.25) is 5.91 Å². The molecule has 25 heavy (non-hydrogen) atoms. The number of carbonyl (C=O) groups excluding carboxylic acids is 2. The minimum atomic E-state index is -5.12. The van der Waals surface area contributed by atoms with E-state index in [0.29, 0.717) is 0 Å². The summed E-state index contributed by atoms with van der Waals surface area (Å²) in [4.78, 5) is 36.7. The first-order valence-electron chi connectivity index (χ1n) is 8.20. The monoisotopic (exact) mass is 366 g/mol. The van der Waals surface area contributed by atoms with E-state index in [9.17, 15) is 32.7 Å². The lowest BCUT2D eigenvalue weighted by molar-refractivity contribution is -0.176. The molecule has 2 amide bonds. The minimum Gasteiger partial charge on any atom is -0.480 e. The zero-order chi connectivity index (χ0) is 19.6.